The van der Waals surface area contributed by atoms with Crippen LogP contribution < -0.4 is 10.6 Å². The van der Waals surface area contributed by atoms with Crippen LogP contribution in [0.2, 0.25) is 10.0 Å². The summed E-state index contributed by atoms with van der Waals surface area (Å²) in [5.74, 6) is -1.39. The monoisotopic (exact) mass is 477 g/mol. The van der Waals surface area contributed by atoms with E-state index in [1.165, 1.54) is 18.2 Å². The van der Waals surface area contributed by atoms with E-state index in [1.54, 1.807) is 6.08 Å². The van der Waals surface area contributed by atoms with Gasteiger partial charge in [-0.3, -0.25) is 24.1 Å². The van der Waals surface area contributed by atoms with Crippen LogP contribution in [0.1, 0.15) is 15.9 Å². The van der Waals surface area contributed by atoms with E-state index in [1.807, 2.05) is 30.3 Å². The average Bonchev–Trinajstić information content (AvgIpc) is 3.00. The second kappa shape index (κ2) is 10.5. The number of nitrogens with one attached hydrogen (secondary N) is 2. The number of thioether (sulfide) groups is 1. The number of hydrogen-bond donors (Lipinski definition) is 2. The number of benzene rings is 2. The maximum atomic E-state index is 12.4. The highest BCUT2D eigenvalue weighted by atomic mass is 35.5. The molecule has 160 valence electrons. The highest BCUT2D eigenvalue weighted by Gasteiger charge is 2.34. The molecular weight excluding hydrogens is 461 g/mol. The second-order valence-corrected chi connectivity index (χ2v) is 8.24. The van der Waals surface area contributed by atoms with Gasteiger partial charge in [0.1, 0.15) is 0 Å². The van der Waals surface area contributed by atoms with Gasteiger partial charge in [-0.05, 0) is 41.6 Å². The lowest BCUT2D eigenvalue weighted by atomic mass is 10.2. The van der Waals surface area contributed by atoms with Crippen molar-refractivity contribution in [1.82, 2.24) is 15.5 Å². The van der Waals surface area contributed by atoms with Crippen LogP contribution in [-0.4, -0.2) is 47.5 Å². The van der Waals surface area contributed by atoms with E-state index in [0.717, 1.165) is 22.2 Å². The number of carbonyl (C=O) groups is 4. The smallest absolute Gasteiger partial charge is 0.293 e. The minimum atomic E-state index is -0.520. The van der Waals surface area contributed by atoms with Gasteiger partial charge in [-0.25, -0.2) is 0 Å². The molecule has 2 aromatic rings. The topological polar surface area (TPSA) is 95.6 Å². The first-order chi connectivity index (χ1) is 14.8. The fourth-order valence-corrected chi connectivity index (χ4v) is 4.05. The summed E-state index contributed by atoms with van der Waals surface area (Å²) in [6, 6.07) is 13.6. The molecule has 2 N–H and O–H groups in total. The van der Waals surface area contributed by atoms with Gasteiger partial charge in [0.25, 0.3) is 17.1 Å². The Labute approximate surface area is 192 Å². The van der Waals surface area contributed by atoms with Crippen molar-refractivity contribution < 1.29 is 19.2 Å². The summed E-state index contributed by atoms with van der Waals surface area (Å²) < 4.78 is 0. The number of amides is 4. The third-order valence-electron chi connectivity index (χ3n) is 4.21. The minimum Gasteiger partial charge on any atom is -0.353 e. The van der Waals surface area contributed by atoms with Crippen LogP contribution in [0, 0.1) is 0 Å². The van der Waals surface area contributed by atoms with Crippen molar-refractivity contribution in [2.45, 2.75) is 0 Å². The molecule has 1 aliphatic rings. The predicted molar refractivity (Wildman–Crippen MR) is 121 cm³/mol. The van der Waals surface area contributed by atoms with Crippen molar-refractivity contribution in [2.24, 2.45) is 0 Å². The van der Waals surface area contributed by atoms with Gasteiger partial charge in [0.05, 0.1) is 22.0 Å². The van der Waals surface area contributed by atoms with Gasteiger partial charge in [-0.1, -0.05) is 53.5 Å². The van der Waals surface area contributed by atoms with E-state index in [-0.39, 0.29) is 30.2 Å². The summed E-state index contributed by atoms with van der Waals surface area (Å²) >= 11 is 12.6. The Morgan fingerprint density at radius 2 is 1.77 bits per heavy atom. The zero-order chi connectivity index (χ0) is 22.4. The van der Waals surface area contributed by atoms with E-state index in [0.29, 0.717) is 9.93 Å². The Bertz CT molecular complexity index is 1060. The summed E-state index contributed by atoms with van der Waals surface area (Å²) in [4.78, 5) is 50.1. The van der Waals surface area contributed by atoms with Crippen molar-refractivity contribution in [3.8, 4) is 0 Å². The molecule has 0 bridgehead atoms. The van der Waals surface area contributed by atoms with Crippen LogP contribution in [0.15, 0.2) is 53.4 Å². The SMILES string of the molecule is O=C(CNC(=O)c1ccc(Cl)cc1Cl)NCCN1C(=O)S/C(=C/c2ccccc2)C1=O. The maximum absolute atomic E-state index is 12.4. The van der Waals surface area contributed by atoms with Crippen molar-refractivity contribution >= 4 is 64.0 Å². The molecule has 1 saturated heterocycles. The molecule has 0 atom stereocenters. The highest BCUT2D eigenvalue weighted by Crippen LogP contribution is 2.31. The standard InChI is InChI=1S/C21H17Cl2N3O4S/c22-14-6-7-15(16(23)11-14)19(28)25-12-18(27)24-8-9-26-20(29)17(31-21(26)30)10-13-4-2-1-3-5-13/h1-7,10-11H,8-9,12H2,(H,24,27)(H,25,28)/b17-10+. The molecule has 1 heterocycles. The largest absolute Gasteiger partial charge is 0.353 e. The number of halogens is 2. The highest BCUT2D eigenvalue weighted by molar-refractivity contribution is 8.18. The average molecular weight is 478 g/mol. The first-order valence-electron chi connectivity index (χ1n) is 9.15. The van der Waals surface area contributed by atoms with E-state index < -0.39 is 23.0 Å². The number of imide groups is 1. The lowest BCUT2D eigenvalue weighted by molar-refractivity contribution is -0.124. The normalized spacial score (nSPS) is 14.8. The zero-order valence-electron chi connectivity index (χ0n) is 16.1. The van der Waals surface area contributed by atoms with Gasteiger partial charge in [0.15, 0.2) is 0 Å². The molecule has 1 aliphatic heterocycles. The van der Waals surface area contributed by atoms with E-state index in [4.69, 9.17) is 23.2 Å². The molecule has 3 rings (SSSR count). The predicted octanol–water partition coefficient (Wildman–Crippen LogP) is 3.58. The molecule has 7 nitrogen and oxygen atoms in total. The molecule has 0 spiro atoms. The number of carbonyl (C=O) groups excluding carboxylic acids is 4. The van der Waals surface area contributed by atoms with Crippen LogP contribution in [0.5, 0.6) is 0 Å². The summed E-state index contributed by atoms with van der Waals surface area (Å²) in [7, 11) is 0. The lowest BCUT2D eigenvalue weighted by Crippen LogP contribution is -2.41. The van der Waals surface area contributed by atoms with Crippen LogP contribution in [0.4, 0.5) is 4.79 Å². The zero-order valence-corrected chi connectivity index (χ0v) is 18.4. The van der Waals surface area contributed by atoms with Gasteiger partial charge in [-0.2, -0.15) is 0 Å². The Kier molecular flexibility index (Phi) is 7.73. The minimum absolute atomic E-state index is 0.0273. The van der Waals surface area contributed by atoms with Gasteiger partial charge in [0, 0.05) is 18.1 Å². The number of hydrogen-bond acceptors (Lipinski definition) is 5. The molecule has 1 fully saturated rings. The molecule has 0 aliphatic carbocycles. The summed E-state index contributed by atoms with van der Waals surface area (Å²) in [5.41, 5.74) is 1.01. The molecule has 10 heteroatoms. The van der Waals surface area contributed by atoms with Crippen molar-refractivity contribution in [3.05, 3.63) is 74.6 Å². The maximum Gasteiger partial charge on any atom is 0.293 e. The Hall–Kier alpha value is -2.81. The fraction of sp³-hybridized carbons (Fsp3) is 0.143. The Morgan fingerprint density at radius 1 is 1.03 bits per heavy atom. The van der Waals surface area contributed by atoms with Crippen LogP contribution >= 0.6 is 35.0 Å². The number of nitrogens with zero attached hydrogens (tertiary/aromatic N) is 1. The van der Waals surface area contributed by atoms with E-state index >= 15 is 0 Å². The molecule has 0 unspecified atom stereocenters. The molecule has 0 aromatic heterocycles. The molecular formula is C21H17Cl2N3O4S. The molecule has 0 radical (unpaired) electrons. The summed E-state index contributed by atoms with van der Waals surface area (Å²) in [6.45, 7) is -0.194. The molecule has 4 amide bonds. The van der Waals surface area contributed by atoms with Crippen molar-refractivity contribution in [1.29, 1.82) is 0 Å². The Morgan fingerprint density at radius 3 is 2.48 bits per heavy atom. The summed E-state index contributed by atoms with van der Waals surface area (Å²) in [5, 5.41) is 5.19. The second-order valence-electron chi connectivity index (χ2n) is 6.40. The lowest BCUT2D eigenvalue weighted by Gasteiger charge is -2.13. The van der Waals surface area contributed by atoms with Crippen molar-refractivity contribution in [3.63, 3.8) is 0 Å². The first kappa shape index (κ1) is 22.9. The fourth-order valence-electron chi connectivity index (χ4n) is 2.69. The third kappa shape index (κ3) is 6.10. The molecule has 0 saturated carbocycles. The van der Waals surface area contributed by atoms with E-state index in [2.05, 4.69) is 10.6 Å². The molecule has 2 aromatic carbocycles. The van der Waals surface area contributed by atoms with Crippen molar-refractivity contribution in [2.75, 3.05) is 19.6 Å². The van der Waals surface area contributed by atoms with Crippen LogP contribution in [-0.2, 0) is 9.59 Å². The van der Waals surface area contributed by atoms with Gasteiger partial charge < -0.3 is 10.6 Å². The van der Waals surface area contributed by atoms with Gasteiger partial charge >= 0.3 is 0 Å². The van der Waals surface area contributed by atoms with Gasteiger partial charge in [0.2, 0.25) is 5.91 Å². The summed E-state index contributed by atoms with van der Waals surface area (Å²) in [6.07, 6.45) is 1.65. The van der Waals surface area contributed by atoms with Crippen LogP contribution in [0.25, 0.3) is 6.08 Å². The Balaban J connectivity index is 1.46. The number of rotatable bonds is 7. The molecule has 31 heavy (non-hydrogen) atoms. The van der Waals surface area contributed by atoms with Gasteiger partial charge in [-0.15, -0.1) is 0 Å². The van der Waals surface area contributed by atoms with E-state index in [9.17, 15) is 19.2 Å². The first-order valence-corrected chi connectivity index (χ1v) is 10.7. The quantitative estimate of drug-likeness (QED) is 0.594. The van der Waals surface area contributed by atoms with Crippen LogP contribution in [0.3, 0.4) is 0 Å². The third-order valence-corrected chi connectivity index (χ3v) is 5.67.